The molecular formula is C20H21N5O2S2. The van der Waals surface area contributed by atoms with Crippen molar-refractivity contribution in [2.24, 2.45) is 0 Å². The Morgan fingerprint density at radius 1 is 1.17 bits per heavy atom. The van der Waals surface area contributed by atoms with Crippen LogP contribution in [-0.2, 0) is 23.1 Å². The molecule has 0 bridgehead atoms. The second-order valence-corrected chi connectivity index (χ2v) is 9.44. The van der Waals surface area contributed by atoms with Crippen molar-refractivity contribution in [3.8, 4) is 6.07 Å². The molecule has 7 nitrogen and oxygen atoms in total. The number of nitrogens with one attached hydrogen (secondary N) is 2. The highest BCUT2D eigenvalue weighted by Crippen LogP contribution is 2.24. The Hall–Kier alpha value is -2.80. The van der Waals surface area contributed by atoms with Gasteiger partial charge in [-0.3, -0.25) is 9.97 Å². The predicted molar refractivity (Wildman–Crippen MR) is 113 cm³/mol. The van der Waals surface area contributed by atoms with Crippen LogP contribution >= 0.6 is 11.3 Å². The molecule has 0 aliphatic rings. The first-order valence-corrected chi connectivity index (χ1v) is 11.2. The van der Waals surface area contributed by atoms with E-state index in [1.54, 1.807) is 30.5 Å². The Morgan fingerprint density at radius 3 is 2.62 bits per heavy atom. The van der Waals surface area contributed by atoms with Crippen LogP contribution in [0.5, 0.6) is 0 Å². The minimum Gasteiger partial charge on any atom is -0.380 e. The fourth-order valence-corrected chi connectivity index (χ4v) is 4.63. The fraction of sp³-hybridized carbons (Fsp3) is 0.250. The van der Waals surface area contributed by atoms with Crippen LogP contribution in [0.15, 0.2) is 40.9 Å². The zero-order valence-corrected chi connectivity index (χ0v) is 18.0. The van der Waals surface area contributed by atoms with E-state index in [9.17, 15) is 13.7 Å². The smallest absolute Gasteiger partial charge is 0.240 e. The summed E-state index contributed by atoms with van der Waals surface area (Å²) in [6.07, 6.45) is 3.11. The van der Waals surface area contributed by atoms with Gasteiger partial charge in [0.15, 0.2) is 0 Å². The molecule has 1 aromatic carbocycles. The summed E-state index contributed by atoms with van der Waals surface area (Å²) >= 11 is 1.68. The van der Waals surface area contributed by atoms with E-state index in [-0.39, 0.29) is 17.0 Å². The minimum atomic E-state index is -3.79. The molecule has 0 aliphatic carbocycles. The number of sulfonamides is 1. The van der Waals surface area contributed by atoms with E-state index >= 15 is 0 Å². The number of nitrogens with zero attached hydrogens (tertiary/aromatic N) is 3. The van der Waals surface area contributed by atoms with Crippen molar-refractivity contribution in [1.29, 1.82) is 5.26 Å². The van der Waals surface area contributed by atoms with Crippen molar-refractivity contribution in [2.75, 3.05) is 5.32 Å². The SMILES string of the molecule is Cc1cncc(CNS(=O)(=O)c2ccc(NCc3csc(C)c3C)c(C#N)c2)n1. The third-order valence-corrected chi connectivity index (χ3v) is 6.99. The molecule has 2 N–H and O–H groups in total. The average molecular weight is 428 g/mol. The third-order valence-electron chi connectivity index (χ3n) is 4.53. The summed E-state index contributed by atoms with van der Waals surface area (Å²) in [6.45, 7) is 6.51. The Bertz CT molecular complexity index is 1180. The molecule has 0 radical (unpaired) electrons. The van der Waals surface area contributed by atoms with Gasteiger partial charge < -0.3 is 5.32 Å². The summed E-state index contributed by atoms with van der Waals surface area (Å²) < 4.78 is 27.7. The largest absolute Gasteiger partial charge is 0.380 e. The zero-order chi connectivity index (χ0) is 21.0. The summed E-state index contributed by atoms with van der Waals surface area (Å²) in [7, 11) is -3.79. The molecule has 3 aromatic rings. The average Bonchev–Trinajstić information content (AvgIpc) is 3.03. The molecule has 3 rings (SSSR count). The standard InChI is InChI=1S/C20H21N5O2S2/c1-13-8-22-10-18(25-13)11-24-29(26,27)19-4-5-20(16(6-19)7-21)23-9-17-12-28-15(3)14(17)2/h4-6,8,10,12,23-24H,9,11H2,1-3H3. The molecule has 9 heteroatoms. The summed E-state index contributed by atoms with van der Waals surface area (Å²) in [5.41, 5.74) is 4.48. The van der Waals surface area contributed by atoms with Gasteiger partial charge >= 0.3 is 0 Å². The normalized spacial score (nSPS) is 11.2. The highest BCUT2D eigenvalue weighted by Gasteiger charge is 2.17. The number of rotatable bonds is 7. The molecule has 150 valence electrons. The van der Waals surface area contributed by atoms with Crippen LogP contribution in [0.4, 0.5) is 5.69 Å². The maximum atomic E-state index is 12.6. The summed E-state index contributed by atoms with van der Waals surface area (Å²) in [6, 6.07) is 6.55. The molecule has 0 unspecified atom stereocenters. The Labute approximate surface area is 174 Å². The van der Waals surface area contributed by atoms with Gasteiger partial charge in [0.25, 0.3) is 0 Å². The lowest BCUT2D eigenvalue weighted by atomic mass is 10.1. The number of aryl methyl sites for hydroxylation is 2. The van der Waals surface area contributed by atoms with E-state index in [0.29, 0.717) is 23.6 Å². The molecular weight excluding hydrogens is 406 g/mol. The van der Waals surface area contributed by atoms with Gasteiger partial charge in [-0.2, -0.15) is 5.26 Å². The third kappa shape index (κ3) is 4.98. The van der Waals surface area contributed by atoms with E-state index in [2.05, 4.69) is 45.3 Å². The molecule has 0 aliphatic heterocycles. The molecule has 0 spiro atoms. The van der Waals surface area contributed by atoms with Crippen molar-refractivity contribution >= 4 is 27.0 Å². The van der Waals surface area contributed by atoms with Crippen LogP contribution in [0.2, 0.25) is 0 Å². The van der Waals surface area contributed by atoms with Crippen molar-refractivity contribution in [2.45, 2.75) is 38.8 Å². The van der Waals surface area contributed by atoms with E-state index in [0.717, 1.165) is 5.56 Å². The lowest BCUT2D eigenvalue weighted by molar-refractivity contribution is 0.580. The van der Waals surface area contributed by atoms with Crippen LogP contribution in [0.25, 0.3) is 0 Å². The monoisotopic (exact) mass is 427 g/mol. The number of hydrogen-bond acceptors (Lipinski definition) is 7. The predicted octanol–water partition coefficient (Wildman–Crippen LogP) is 3.43. The summed E-state index contributed by atoms with van der Waals surface area (Å²) in [5.74, 6) is 0. The molecule has 0 saturated carbocycles. The van der Waals surface area contributed by atoms with Gasteiger partial charge in [-0.05, 0) is 55.5 Å². The van der Waals surface area contributed by atoms with E-state index in [4.69, 9.17) is 0 Å². The van der Waals surface area contributed by atoms with Gasteiger partial charge in [-0.1, -0.05) is 0 Å². The minimum absolute atomic E-state index is 0.0235. The van der Waals surface area contributed by atoms with Crippen molar-refractivity contribution in [1.82, 2.24) is 14.7 Å². The topological polar surface area (TPSA) is 108 Å². The van der Waals surface area contributed by atoms with E-state index in [1.807, 2.05) is 0 Å². The Morgan fingerprint density at radius 2 is 1.97 bits per heavy atom. The summed E-state index contributed by atoms with van der Waals surface area (Å²) in [5, 5.41) is 14.8. The highest BCUT2D eigenvalue weighted by atomic mass is 32.2. The molecule has 0 atom stereocenters. The Balaban J connectivity index is 1.74. The second-order valence-electron chi connectivity index (χ2n) is 6.59. The van der Waals surface area contributed by atoms with Crippen LogP contribution < -0.4 is 10.0 Å². The van der Waals surface area contributed by atoms with Gasteiger partial charge in [0.2, 0.25) is 10.0 Å². The number of anilines is 1. The number of aromatic nitrogens is 2. The molecule has 0 fully saturated rings. The first-order chi connectivity index (χ1) is 13.8. The van der Waals surface area contributed by atoms with Crippen LogP contribution in [0, 0.1) is 32.1 Å². The number of thiophene rings is 1. The van der Waals surface area contributed by atoms with Crippen LogP contribution in [0.3, 0.4) is 0 Å². The highest BCUT2D eigenvalue weighted by molar-refractivity contribution is 7.89. The van der Waals surface area contributed by atoms with Gasteiger partial charge in [-0.15, -0.1) is 11.3 Å². The quantitative estimate of drug-likeness (QED) is 0.598. The molecule has 2 aromatic heterocycles. The van der Waals surface area contributed by atoms with Crippen molar-refractivity contribution < 1.29 is 8.42 Å². The van der Waals surface area contributed by atoms with Crippen LogP contribution in [-0.4, -0.2) is 18.4 Å². The molecule has 2 heterocycles. The first-order valence-electron chi connectivity index (χ1n) is 8.89. The molecule has 0 amide bonds. The van der Waals surface area contributed by atoms with Gasteiger partial charge in [0, 0.05) is 23.8 Å². The zero-order valence-electron chi connectivity index (χ0n) is 16.4. The Kier molecular flexibility index (Phi) is 6.27. The van der Waals surface area contributed by atoms with Gasteiger partial charge in [0.1, 0.15) is 6.07 Å². The number of nitriles is 1. The number of hydrogen-bond donors (Lipinski definition) is 2. The lowest BCUT2D eigenvalue weighted by Crippen LogP contribution is -2.24. The molecule has 0 saturated heterocycles. The van der Waals surface area contributed by atoms with E-state index in [1.165, 1.54) is 28.8 Å². The fourth-order valence-electron chi connectivity index (χ4n) is 2.72. The summed E-state index contributed by atoms with van der Waals surface area (Å²) in [4.78, 5) is 9.52. The van der Waals surface area contributed by atoms with Gasteiger partial charge in [-0.25, -0.2) is 13.1 Å². The maximum absolute atomic E-state index is 12.6. The molecule has 29 heavy (non-hydrogen) atoms. The van der Waals surface area contributed by atoms with Gasteiger partial charge in [0.05, 0.1) is 34.1 Å². The van der Waals surface area contributed by atoms with Crippen molar-refractivity contribution in [3.63, 3.8) is 0 Å². The lowest BCUT2D eigenvalue weighted by Gasteiger charge is -2.11. The first kappa shape index (κ1) is 20.9. The maximum Gasteiger partial charge on any atom is 0.240 e. The second kappa shape index (κ2) is 8.69. The van der Waals surface area contributed by atoms with Crippen molar-refractivity contribution in [3.05, 3.63) is 68.9 Å². The van der Waals surface area contributed by atoms with Crippen LogP contribution in [0.1, 0.15) is 33.0 Å². The van der Waals surface area contributed by atoms with E-state index < -0.39 is 10.0 Å². The number of benzene rings is 1.